The molecule has 0 bridgehead atoms. The quantitative estimate of drug-likeness (QED) is 0.200. The van der Waals surface area contributed by atoms with Gasteiger partial charge in [0.05, 0.1) is 18.8 Å². The van der Waals surface area contributed by atoms with Gasteiger partial charge in [0, 0.05) is 17.7 Å². The van der Waals surface area contributed by atoms with Crippen LogP contribution in [0.25, 0.3) is 0 Å². The number of carbonyl (C=O) groups is 1. The molecule has 2 aliphatic carbocycles. The fourth-order valence-electron chi connectivity index (χ4n) is 4.75. The summed E-state index contributed by atoms with van der Waals surface area (Å²) in [5.41, 5.74) is 0.107. The highest BCUT2D eigenvalue weighted by atomic mass is 35.5. The molecule has 0 aromatic carbocycles. The average molecular weight is 426 g/mol. The molecule has 0 aliphatic heterocycles. The third-order valence-electron chi connectivity index (χ3n) is 6.94. The van der Waals surface area contributed by atoms with Crippen LogP contribution in [0.2, 0.25) is 0 Å². The van der Waals surface area contributed by atoms with E-state index in [1.807, 2.05) is 6.08 Å². The van der Waals surface area contributed by atoms with Crippen molar-refractivity contribution >= 4 is 17.6 Å². The fourth-order valence-corrected chi connectivity index (χ4v) is 5.21. The lowest BCUT2D eigenvalue weighted by atomic mass is 9.63. The molecule has 2 saturated carbocycles. The average Bonchev–Trinajstić information content (AvgIpc) is 2.91. The monoisotopic (exact) mass is 425 g/mol. The number of rotatable bonds is 12. The van der Waals surface area contributed by atoms with E-state index in [0.29, 0.717) is 19.3 Å². The van der Waals surface area contributed by atoms with E-state index in [-0.39, 0.29) is 41.3 Å². The maximum Gasteiger partial charge on any atom is 0.305 e. The van der Waals surface area contributed by atoms with Crippen molar-refractivity contribution in [1.29, 1.82) is 0 Å². The first kappa shape index (κ1) is 24.4. The number of alkyl halides is 1. The molecule has 0 amide bonds. The summed E-state index contributed by atoms with van der Waals surface area (Å²) >= 11 is 6.51. The molecule has 0 heterocycles. The van der Waals surface area contributed by atoms with Gasteiger partial charge in [0.25, 0.3) is 0 Å². The van der Waals surface area contributed by atoms with Crippen LogP contribution in [0.3, 0.4) is 0 Å². The second-order valence-corrected chi connectivity index (χ2v) is 9.19. The molecule has 0 saturated heterocycles. The van der Waals surface area contributed by atoms with Crippen LogP contribution < -0.4 is 0 Å². The Morgan fingerprint density at radius 3 is 2.72 bits per heavy atom. The molecule has 165 valence electrons. The molecule has 0 spiro atoms. The fraction of sp³-hybridized carbons (Fsp3) is 0.750. The van der Waals surface area contributed by atoms with Crippen LogP contribution >= 0.6 is 11.6 Å². The molecule has 0 aromatic heterocycles. The topological polar surface area (TPSA) is 66.8 Å². The van der Waals surface area contributed by atoms with E-state index in [2.05, 4.69) is 32.1 Å². The lowest BCUT2D eigenvalue weighted by molar-refractivity contribution is -0.142. The second-order valence-electron chi connectivity index (χ2n) is 8.63. The lowest BCUT2D eigenvalue weighted by Gasteiger charge is -2.45. The molecule has 5 atom stereocenters. The summed E-state index contributed by atoms with van der Waals surface area (Å²) in [5, 5.41) is 21.0. The van der Waals surface area contributed by atoms with Gasteiger partial charge in [-0.25, -0.2) is 0 Å². The van der Waals surface area contributed by atoms with Crippen LogP contribution in [0.15, 0.2) is 24.3 Å². The molecule has 0 unspecified atom stereocenters. The number of hydrogen-bond acceptors (Lipinski definition) is 4. The van der Waals surface area contributed by atoms with Gasteiger partial charge in [-0.2, -0.15) is 0 Å². The van der Waals surface area contributed by atoms with Crippen molar-refractivity contribution in [1.82, 2.24) is 0 Å². The second kappa shape index (κ2) is 12.1. The van der Waals surface area contributed by atoms with E-state index in [1.165, 1.54) is 6.42 Å². The molecule has 5 heteroatoms. The summed E-state index contributed by atoms with van der Waals surface area (Å²) in [7, 11) is 0. The Morgan fingerprint density at radius 2 is 2.10 bits per heavy atom. The highest BCUT2D eigenvalue weighted by Gasteiger charge is 2.42. The molecular weight excluding hydrogens is 388 g/mol. The number of unbranched alkanes of at least 4 members (excludes halogenated alkanes) is 1. The first-order valence-electron chi connectivity index (χ1n) is 11.2. The number of carbonyl (C=O) groups excluding carboxylic acids is 1. The van der Waals surface area contributed by atoms with Gasteiger partial charge in [-0.1, -0.05) is 37.6 Å². The zero-order valence-corrected chi connectivity index (χ0v) is 18.5. The molecule has 2 aliphatic rings. The van der Waals surface area contributed by atoms with E-state index >= 15 is 0 Å². The van der Waals surface area contributed by atoms with Crippen molar-refractivity contribution in [3.63, 3.8) is 0 Å². The van der Waals surface area contributed by atoms with E-state index in [0.717, 1.165) is 38.5 Å². The highest BCUT2D eigenvalue weighted by Crippen LogP contribution is 2.48. The SMILES string of the molecule is [CH2]COC(=O)CCC/C=C\C[C@@H]1[C@H](/C=C/C[C@H](O)C2(CC)CCC2)[C@H](O)C[C@@H]1Cl. The summed E-state index contributed by atoms with van der Waals surface area (Å²) in [6.45, 7) is 5.84. The minimum absolute atomic E-state index is 0.0281. The van der Waals surface area contributed by atoms with Crippen molar-refractivity contribution in [2.45, 2.75) is 88.7 Å². The van der Waals surface area contributed by atoms with Crippen molar-refractivity contribution in [3.05, 3.63) is 31.2 Å². The number of esters is 1. The zero-order valence-electron chi connectivity index (χ0n) is 17.8. The van der Waals surface area contributed by atoms with Crippen molar-refractivity contribution in [2.75, 3.05) is 6.61 Å². The first-order valence-corrected chi connectivity index (χ1v) is 11.6. The van der Waals surface area contributed by atoms with Gasteiger partial charge in [0.15, 0.2) is 0 Å². The Hall–Kier alpha value is -0.840. The Balaban J connectivity index is 1.79. The Kier molecular flexibility index (Phi) is 10.2. The maximum absolute atomic E-state index is 11.3. The van der Waals surface area contributed by atoms with Crippen LogP contribution in [0.1, 0.15) is 71.1 Å². The van der Waals surface area contributed by atoms with Gasteiger partial charge in [-0.15, -0.1) is 11.6 Å². The third-order valence-corrected chi connectivity index (χ3v) is 7.44. The molecule has 2 fully saturated rings. The van der Waals surface area contributed by atoms with E-state index in [9.17, 15) is 15.0 Å². The van der Waals surface area contributed by atoms with Crippen molar-refractivity contribution in [2.24, 2.45) is 17.3 Å². The number of aliphatic hydroxyl groups excluding tert-OH is 2. The minimum atomic E-state index is -0.425. The Morgan fingerprint density at radius 1 is 1.34 bits per heavy atom. The van der Waals surface area contributed by atoms with Crippen LogP contribution in [0.5, 0.6) is 0 Å². The summed E-state index contributed by atoms with van der Waals surface area (Å²) in [5.74, 6) is 0.0175. The largest absolute Gasteiger partial charge is 0.466 e. The zero-order chi connectivity index (χ0) is 21.3. The number of aliphatic hydroxyl groups is 2. The van der Waals surface area contributed by atoms with Gasteiger partial charge in [-0.3, -0.25) is 4.79 Å². The standard InChI is InChI=1S/C24H38ClO4/c1-3-24(15-10-16-24)22(27)13-9-12-19-18(20(25)17-21(19)26)11-7-5-6-8-14-23(28)29-4-2/h5,7,9,12,18-22,26-27H,2-4,6,8,10-11,13-17H2,1H3/b7-5-,12-9+/t18-,19+,20+,21-,22+/m1/s1. The van der Waals surface area contributed by atoms with E-state index in [1.54, 1.807) is 0 Å². The normalized spacial score (nSPS) is 30.0. The lowest BCUT2D eigenvalue weighted by Crippen LogP contribution is -2.40. The molecule has 4 nitrogen and oxygen atoms in total. The summed E-state index contributed by atoms with van der Waals surface area (Å²) in [6.07, 6.45) is 16.1. The molecule has 2 N–H and O–H groups in total. The van der Waals surface area contributed by atoms with E-state index < -0.39 is 6.10 Å². The number of halogens is 1. The third kappa shape index (κ3) is 6.83. The van der Waals surface area contributed by atoms with Crippen LogP contribution in [0.4, 0.5) is 0 Å². The number of hydrogen-bond donors (Lipinski definition) is 2. The highest BCUT2D eigenvalue weighted by molar-refractivity contribution is 6.21. The number of allylic oxidation sites excluding steroid dienone is 2. The molecule has 0 aromatic rings. The van der Waals surface area contributed by atoms with Gasteiger partial charge < -0.3 is 14.9 Å². The predicted octanol–water partition coefficient (Wildman–Crippen LogP) is 4.97. The molecule has 1 radical (unpaired) electrons. The van der Waals surface area contributed by atoms with Crippen LogP contribution in [0, 0.1) is 24.2 Å². The summed E-state index contributed by atoms with van der Waals surface area (Å²) in [4.78, 5) is 11.3. The Labute approximate surface area is 181 Å². The maximum atomic E-state index is 11.3. The van der Waals surface area contributed by atoms with Gasteiger partial charge >= 0.3 is 5.97 Å². The van der Waals surface area contributed by atoms with Crippen LogP contribution in [-0.4, -0.2) is 40.4 Å². The molecule has 29 heavy (non-hydrogen) atoms. The first-order chi connectivity index (χ1) is 13.9. The molecular formula is C24H38ClO4. The minimum Gasteiger partial charge on any atom is -0.466 e. The van der Waals surface area contributed by atoms with E-state index in [4.69, 9.17) is 16.3 Å². The Bertz CT molecular complexity index is 550. The van der Waals surface area contributed by atoms with Crippen molar-refractivity contribution < 1.29 is 19.7 Å². The number of ether oxygens (including phenoxy) is 1. The van der Waals surface area contributed by atoms with Crippen molar-refractivity contribution in [3.8, 4) is 0 Å². The van der Waals surface area contributed by atoms with Gasteiger partial charge in [0.1, 0.15) is 0 Å². The summed E-state index contributed by atoms with van der Waals surface area (Å²) < 4.78 is 4.82. The molecule has 2 rings (SSSR count). The smallest absolute Gasteiger partial charge is 0.305 e. The van der Waals surface area contributed by atoms with Gasteiger partial charge in [0.2, 0.25) is 0 Å². The van der Waals surface area contributed by atoms with Gasteiger partial charge in [-0.05, 0) is 69.6 Å². The predicted molar refractivity (Wildman–Crippen MR) is 118 cm³/mol. The van der Waals surface area contributed by atoms with Crippen LogP contribution in [-0.2, 0) is 9.53 Å². The summed E-state index contributed by atoms with van der Waals surface area (Å²) in [6, 6.07) is 0.